The summed E-state index contributed by atoms with van der Waals surface area (Å²) in [5.41, 5.74) is 7.46. The molecule has 0 unspecified atom stereocenters. The highest BCUT2D eigenvalue weighted by atomic mass is 16.3. The zero-order chi connectivity index (χ0) is 26.5. The van der Waals surface area contributed by atoms with Crippen LogP contribution in [0.5, 0.6) is 0 Å². The molecule has 2 heterocycles. The minimum Gasteiger partial charge on any atom is -0.455 e. The lowest BCUT2D eigenvalue weighted by atomic mass is 9.62. The summed E-state index contributed by atoms with van der Waals surface area (Å²) in [4.78, 5) is 0. The molecule has 0 fully saturated rings. The van der Waals surface area contributed by atoms with Gasteiger partial charge in [0.2, 0.25) is 5.69 Å². The molecule has 3 aromatic carbocycles. The lowest BCUT2D eigenvalue weighted by Gasteiger charge is -2.42. The number of pyridine rings is 1. The Kier molecular flexibility index (Phi) is 3.72. The lowest BCUT2D eigenvalue weighted by Crippen LogP contribution is -2.34. The zero-order valence-electron chi connectivity index (χ0n) is 24.0. The molecule has 0 amide bonds. The highest BCUT2D eigenvalue weighted by Gasteiger charge is 2.38. The van der Waals surface area contributed by atoms with Crippen LogP contribution in [0.25, 0.3) is 44.0 Å². The van der Waals surface area contributed by atoms with Gasteiger partial charge in [0.15, 0.2) is 6.20 Å². The third-order valence-corrected chi connectivity index (χ3v) is 8.17. The Labute approximate surface area is 206 Å². The lowest BCUT2D eigenvalue weighted by molar-refractivity contribution is -0.660. The SMILES string of the molecule is [2H]C([2H])([2H])c1cc(C)c(-c2cccc[n+]2C)c2oc3cc4ccc5c(c4cc3c12)C(C)(C)CCC5(C)C. The fraction of sp³-hybridized carbons (Fsp3) is 0.344. The van der Waals surface area contributed by atoms with Crippen LogP contribution in [-0.4, -0.2) is 0 Å². The number of aryl methyl sites for hydroxylation is 3. The maximum Gasteiger partial charge on any atom is 0.216 e. The summed E-state index contributed by atoms with van der Waals surface area (Å²) < 4.78 is 33.8. The second-order valence-electron chi connectivity index (χ2n) is 11.4. The van der Waals surface area contributed by atoms with Gasteiger partial charge < -0.3 is 4.42 Å². The number of hydrogen-bond donors (Lipinski definition) is 0. The van der Waals surface area contributed by atoms with Crippen LogP contribution in [-0.2, 0) is 17.9 Å². The van der Waals surface area contributed by atoms with Gasteiger partial charge in [-0.2, -0.15) is 0 Å². The van der Waals surface area contributed by atoms with Crippen molar-refractivity contribution in [1.29, 1.82) is 0 Å². The van der Waals surface area contributed by atoms with Crippen molar-refractivity contribution in [1.82, 2.24) is 0 Å². The van der Waals surface area contributed by atoms with Crippen LogP contribution in [0, 0.1) is 13.8 Å². The highest BCUT2D eigenvalue weighted by molar-refractivity contribution is 6.15. The predicted molar refractivity (Wildman–Crippen MR) is 143 cm³/mol. The van der Waals surface area contributed by atoms with Gasteiger partial charge in [-0.15, -0.1) is 0 Å². The van der Waals surface area contributed by atoms with E-state index in [1.165, 1.54) is 16.5 Å². The van der Waals surface area contributed by atoms with Crippen molar-refractivity contribution in [2.75, 3.05) is 0 Å². The molecule has 2 aromatic heterocycles. The van der Waals surface area contributed by atoms with E-state index in [4.69, 9.17) is 8.53 Å². The van der Waals surface area contributed by atoms with Crippen LogP contribution in [0.1, 0.15) is 66.9 Å². The zero-order valence-corrected chi connectivity index (χ0v) is 21.0. The van der Waals surface area contributed by atoms with Crippen LogP contribution in [0.15, 0.2) is 59.1 Å². The van der Waals surface area contributed by atoms with E-state index < -0.39 is 6.85 Å². The van der Waals surface area contributed by atoms with E-state index in [0.717, 1.165) is 46.0 Å². The number of nitrogens with zero attached hydrogens (tertiary/aromatic N) is 1. The Balaban J connectivity index is 1.80. The molecule has 0 spiro atoms. The maximum atomic E-state index is 8.40. The molecule has 0 bridgehead atoms. The molecule has 1 aliphatic carbocycles. The van der Waals surface area contributed by atoms with Gasteiger partial charge in [-0.05, 0) is 88.7 Å². The third kappa shape index (κ3) is 2.90. The van der Waals surface area contributed by atoms with E-state index in [1.807, 2.05) is 38.4 Å². The smallest absolute Gasteiger partial charge is 0.216 e. The monoisotopic (exact) mass is 451 g/mol. The quantitative estimate of drug-likeness (QED) is 0.235. The first kappa shape index (κ1) is 18.2. The second kappa shape index (κ2) is 6.95. The molecule has 0 N–H and O–H groups in total. The van der Waals surface area contributed by atoms with Crippen LogP contribution >= 0.6 is 0 Å². The molecule has 1 aliphatic rings. The van der Waals surface area contributed by atoms with E-state index >= 15 is 0 Å². The molecule has 34 heavy (non-hydrogen) atoms. The first-order valence-electron chi connectivity index (χ1n) is 13.7. The Hall–Kier alpha value is -3.13. The molecular weight excluding hydrogens is 414 g/mol. The van der Waals surface area contributed by atoms with Gasteiger partial charge in [-0.25, -0.2) is 4.57 Å². The Morgan fingerprint density at radius 3 is 2.47 bits per heavy atom. The maximum absolute atomic E-state index is 8.40. The predicted octanol–water partition coefficient (Wildman–Crippen LogP) is 8.20. The second-order valence-corrected chi connectivity index (χ2v) is 11.4. The Morgan fingerprint density at radius 2 is 1.71 bits per heavy atom. The Morgan fingerprint density at radius 1 is 0.912 bits per heavy atom. The van der Waals surface area contributed by atoms with Crippen LogP contribution in [0.3, 0.4) is 0 Å². The molecule has 5 aromatic rings. The minimum absolute atomic E-state index is 0.0317. The average molecular weight is 452 g/mol. The number of rotatable bonds is 1. The van der Waals surface area contributed by atoms with Crippen molar-refractivity contribution in [2.24, 2.45) is 7.05 Å². The molecule has 6 rings (SSSR count). The number of benzene rings is 3. The molecule has 0 radical (unpaired) electrons. The number of furan rings is 1. The molecular formula is C32H34NO+. The third-order valence-electron chi connectivity index (χ3n) is 8.17. The summed E-state index contributed by atoms with van der Waals surface area (Å²) in [7, 11) is 2.01. The summed E-state index contributed by atoms with van der Waals surface area (Å²) in [6, 6.07) is 16.7. The Bertz CT molecular complexity index is 1740. The fourth-order valence-electron chi connectivity index (χ4n) is 6.18. The van der Waals surface area contributed by atoms with Crippen molar-refractivity contribution >= 4 is 32.7 Å². The van der Waals surface area contributed by atoms with Gasteiger partial charge in [0.05, 0.1) is 5.56 Å². The average Bonchev–Trinajstić information content (AvgIpc) is 3.17. The van der Waals surface area contributed by atoms with Gasteiger partial charge >= 0.3 is 0 Å². The molecule has 0 saturated carbocycles. The van der Waals surface area contributed by atoms with Crippen molar-refractivity contribution in [3.63, 3.8) is 0 Å². The molecule has 2 heteroatoms. The topological polar surface area (TPSA) is 17.0 Å². The molecule has 2 nitrogen and oxygen atoms in total. The van der Waals surface area contributed by atoms with Crippen LogP contribution in [0.4, 0.5) is 0 Å². The van der Waals surface area contributed by atoms with E-state index in [2.05, 4.69) is 62.6 Å². The summed E-state index contributed by atoms with van der Waals surface area (Å²) >= 11 is 0. The van der Waals surface area contributed by atoms with Crippen molar-refractivity contribution in [2.45, 2.75) is 65.1 Å². The minimum atomic E-state index is -2.26. The number of aromatic nitrogens is 1. The van der Waals surface area contributed by atoms with E-state index in [0.29, 0.717) is 16.5 Å². The standard InChI is InChI=1S/C32H34NO/c1-19-16-20(2)28(25-10-8-9-15-33(25)7)30-27(19)23-18-22-21(17-26(23)34-30)11-12-24-29(22)32(5,6)14-13-31(24,3)4/h8-12,15-18H,13-14H2,1-7H3/q+1/i1D3. The van der Waals surface area contributed by atoms with E-state index in [1.54, 1.807) is 0 Å². The normalized spacial score (nSPS) is 18.6. The number of hydrogen-bond acceptors (Lipinski definition) is 1. The van der Waals surface area contributed by atoms with E-state index in [-0.39, 0.29) is 10.8 Å². The molecule has 0 aliphatic heterocycles. The van der Waals surface area contributed by atoms with Gasteiger partial charge in [-0.1, -0.05) is 45.9 Å². The van der Waals surface area contributed by atoms with Crippen molar-refractivity contribution in [3.05, 3.63) is 77.0 Å². The number of fused-ring (bicyclic) bond motifs is 6. The largest absolute Gasteiger partial charge is 0.455 e. The molecule has 0 atom stereocenters. The van der Waals surface area contributed by atoms with Gasteiger partial charge in [0.1, 0.15) is 18.2 Å². The van der Waals surface area contributed by atoms with Crippen molar-refractivity contribution in [3.8, 4) is 11.3 Å². The van der Waals surface area contributed by atoms with Gasteiger partial charge in [0.25, 0.3) is 0 Å². The molecule has 0 saturated heterocycles. The van der Waals surface area contributed by atoms with Gasteiger partial charge in [-0.3, -0.25) is 0 Å². The van der Waals surface area contributed by atoms with Crippen LogP contribution < -0.4 is 4.57 Å². The summed E-state index contributed by atoms with van der Waals surface area (Å²) in [6.07, 6.45) is 4.27. The first-order chi connectivity index (χ1) is 17.3. The van der Waals surface area contributed by atoms with Crippen LogP contribution in [0.2, 0.25) is 0 Å². The van der Waals surface area contributed by atoms with E-state index in [9.17, 15) is 0 Å². The summed E-state index contributed by atoms with van der Waals surface area (Å²) in [5, 5.41) is 3.91. The summed E-state index contributed by atoms with van der Waals surface area (Å²) in [6.45, 7) is 9.05. The van der Waals surface area contributed by atoms with Gasteiger partial charge in [0, 0.05) is 27.0 Å². The summed E-state index contributed by atoms with van der Waals surface area (Å²) in [5.74, 6) is 0. The molecule has 172 valence electrons. The first-order valence-corrected chi connectivity index (χ1v) is 12.2. The highest BCUT2D eigenvalue weighted by Crippen LogP contribution is 2.49. The van der Waals surface area contributed by atoms with Crippen molar-refractivity contribution < 1.29 is 13.1 Å². The fourth-order valence-corrected chi connectivity index (χ4v) is 6.18.